The zero-order chi connectivity index (χ0) is 16.5. The number of carbonyl (C=O) groups excluding carboxylic acids is 1. The third kappa shape index (κ3) is 4.65. The smallest absolute Gasteiger partial charge is 0.168 e. The Morgan fingerprint density at radius 3 is 2.65 bits per heavy atom. The Kier molecular flexibility index (Phi) is 6.13. The Morgan fingerprint density at radius 1 is 1.48 bits per heavy atom. The maximum absolute atomic E-state index is 12.2. The molecular formula is C16H22ClN3O2S. The minimum Gasteiger partial charge on any atom is -0.511 e. The van der Waals surface area contributed by atoms with Crippen molar-refractivity contribution in [1.82, 2.24) is 0 Å². The Bertz CT molecular complexity index is 689. The fourth-order valence-corrected chi connectivity index (χ4v) is 3.39. The third-order valence-corrected chi connectivity index (χ3v) is 4.57. The van der Waals surface area contributed by atoms with Gasteiger partial charge in [0, 0.05) is 34.4 Å². The normalized spacial score (nSPS) is 17.9. The van der Waals surface area contributed by atoms with Crippen LogP contribution in [0.4, 0.5) is 0 Å². The Morgan fingerprint density at radius 2 is 2.13 bits per heavy atom. The molecule has 0 saturated heterocycles. The highest BCUT2D eigenvalue weighted by Gasteiger charge is 2.33. The number of nitrogens with one attached hydrogen (secondary N) is 1. The monoisotopic (exact) mass is 355 g/mol. The average molecular weight is 356 g/mol. The summed E-state index contributed by atoms with van der Waals surface area (Å²) >= 11 is 1.48. The number of nitrogen functional groups attached to an aromatic ring is 1. The van der Waals surface area contributed by atoms with Gasteiger partial charge in [0.2, 0.25) is 0 Å². The van der Waals surface area contributed by atoms with Gasteiger partial charge in [-0.1, -0.05) is 13.8 Å². The number of halogens is 1. The van der Waals surface area contributed by atoms with Gasteiger partial charge in [0.05, 0.1) is 12.1 Å². The number of amidine groups is 1. The van der Waals surface area contributed by atoms with Gasteiger partial charge in [-0.05, 0) is 18.4 Å². The molecule has 0 spiro atoms. The molecule has 0 atom stereocenters. The molecule has 1 heterocycles. The second kappa shape index (κ2) is 7.27. The molecule has 23 heavy (non-hydrogen) atoms. The van der Waals surface area contributed by atoms with Crippen LogP contribution in [-0.4, -0.2) is 22.4 Å². The molecule has 1 aromatic rings. The van der Waals surface area contributed by atoms with Gasteiger partial charge in [-0.3, -0.25) is 15.2 Å². The number of aliphatic hydroxyl groups excluding tert-OH is 1. The zero-order valence-corrected chi connectivity index (χ0v) is 15.1. The van der Waals surface area contributed by atoms with Crippen molar-refractivity contribution in [3.05, 3.63) is 33.2 Å². The molecule has 0 bridgehead atoms. The van der Waals surface area contributed by atoms with Gasteiger partial charge < -0.3 is 10.8 Å². The average Bonchev–Trinajstić information content (AvgIpc) is 2.82. The lowest BCUT2D eigenvalue weighted by atomic mass is 9.76. The number of hydrogen-bond acceptors (Lipinski definition) is 5. The molecule has 4 N–H and O–H groups in total. The van der Waals surface area contributed by atoms with Crippen molar-refractivity contribution < 1.29 is 9.90 Å². The second-order valence-corrected chi connectivity index (χ2v) is 7.38. The number of nitrogens with zero attached hydrogens (tertiary/aromatic N) is 1. The molecule has 0 amide bonds. The first-order valence-electron chi connectivity index (χ1n) is 7.08. The molecule has 1 aromatic heterocycles. The van der Waals surface area contributed by atoms with E-state index in [1.54, 1.807) is 6.92 Å². The molecule has 126 valence electrons. The first-order valence-corrected chi connectivity index (χ1v) is 7.96. The maximum atomic E-state index is 12.2. The van der Waals surface area contributed by atoms with Crippen molar-refractivity contribution in [1.29, 1.82) is 5.41 Å². The van der Waals surface area contributed by atoms with Crippen LogP contribution in [0.5, 0.6) is 0 Å². The lowest BCUT2D eigenvalue weighted by molar-refractivity contribution is -0.117. The van der Waals surface area contributed by atoms with E-state index in [0.717, 1.165) is 4.88 Å². The van der Waals surface area contributed by atoms with Crippen LogP contribution in [0, 0.1) is 10.8 Å². The lowest BCUT2D eigenvalue weighted by Gasteiger charge is -2.29. The Balaban J connectivity index is 0.00000264. The van der Waals surface area contributed by atoms with Crippen molar-refractivity contribution in [2.75, 3.05) is 0 Å². The third-order valence-electron chi connectivity index (χ3n) is 3.65. The molecule has 0 radical (unpaired) electrons. The number of hydrogen-bond donors (Lipinski definition) is 3. The van der Waals surface area contributed by atoms with Crippen LogP contribution < -0.4 is 5.73 Å². The predicted molar refractivity (Wildman–Crippen MR) is 97.1 cm³/mol. The molecule has 5 nitrogen and oxygen atoms in total. The van der Waals surface area contributed by atoms with Gasteiger partial charge in [-0.25, -0.2) is 0 Å². The number of aliphatic imine (C=N–C) groups is 1. The van der Waals surface area contributed by atoms with Crippen LogP contribution >= 0.6 is 23.7 Å². The summed E-state index contributed by atoms with van der Waals surface area (Å²) < 4.78 is 0. The van der Waals surface area contributed by atoms with E-state index in [1.165, 1.54) is 11.3 Å². The van der Waals surface area contributed by atoms with Crippen LogP contribution in [0.15, 0.2) is 27.8 Å². The van der Waals surface area contributed by atoms with Crippen molar-refractivity contribution >= 4 is 41.1 Å². The Hall–Kier alpha value is -1.66. The first-order chi connectivity index (χ1) is 10.2. The number of aliphatic hydroxyl groups is 1. The summed E-state index contributed by atoms with van der Waals surface area (Å²) in [6.07, 6.45) is 0.918. The number of rotatable bonds is 4. The minimum atomic E-state index is -0.199. The van der Waals surface area contributed by atoms with Crippen LogP contribution in [0.3, 0.4) is 0 Å². The summed E-state index contributed by atoms with van der Waals surface area (Å²) in [6, 6.07) is 1.82. The SMILES string of the molecule is CC(=NCc1cc(C(=N)N)cs1)C1=C(O)CC(C)(C)CC1=O.Cl. The molecule has 0 fully saturated rings. The van der Waals surface area contributed by atoms with Crippen molar-refractivity contribution in [3.63, 3.8) is 0 Å². The lowest BCUT2D eigenvalue weighted by Crippen LogP contribution is -2.28. The quantitative estimate of drug-likeness (QED) is 0.568. The van der Waals surface area contributed by atoms with Gasteiger partial charge >= 0.3 is 0 Å². The molecule has 0 aliphatic heterocycles. The minimum absolute atomic E-state index is 0. The fourth-order valence-electron chi connectivity index (χ4n) is 2.58. The van der Waals surface area contributed by atoms with Crippen LogP contribution in [0.25, 0.3) is 0 Å². The number of carbonyl (C=O) groups is 1. The van der Waals surface area contributed by atoms with E-state index >= 15 is 0 Å². The van der Waals surface area contributed by atoms with Crippen molar-refractivity contribution in [2.45, 2.75) is 40.2 Å². The van der Waals surface area contributed by atoms with E-state index in [4.69, 9.17) is 11.1 Å². The van der Waals surface area contributed by atoms with Crippen molar-refractivity contribution in [2.24, 2.45) is 16.1 Å². The van der Waals surface area contributed by atoms with E-state index in [2.05, 4.69) is 4.99 Å². The highest BCUT2D eigenvalue weighted by molar-refractivity contribution is 7.10. The fraction of sp³-hybridized carbons (Fsp3) is 0.438. The van der Waals surface area contributed by atoms with Crippen molar-refractivity contribution in [3.8, 4) is 0 Å². The first kappa shape index (κ1) is 19.4. The van der Waals surface area contributed by atoms with Crippen LogP contribution in [0.2, 0.25) is 0 Å². The molecule has 7 heteroatoms. The second-order valence-electron chi connectivity index (χ2n) is 6.38. The number of ketones is 1. The molecule has 2 rings (SSSR count). The summed E-state index contributed by atoms with van der Waals surface area (Å²) in [5.41, 5.74) is 6.85. The largest absolute Gasteiger partial charge is 0.511 e. The summed E-state index contributed by atoms with van der Waals surface area (Å²) in [4.78, 5) is 17.6. The van der Waals surface area contributed by atoms with E-state index in [0.29, 0.717) is 36.2 Å². The number of thiophene rings is 1. The molecule has 1 aliphatic rings. The Labute approximate surface area is 146 Å². The van der Waals surface area contributed by atoms with Crippen LogP contribution in [-0.2, 0) is 11.3 Å². The molecule has 0 saturated carbocycles. The molecule has 0 aromatic carbocycles. The highest BCUT2D eigenvalue weighted by Crippen LogP contribution is 2.36. The van der Waals surface area contributed by atoms with Gasteiger partial charge in [-0.15, -0.1) is 23.7 Å². The van der Waals surface area contributed by atoms with Gasteiger partial charge in [0.15, 0.2) is 5.78 Å². The summed E-state index contributed by atoms with van der Waals surface area (Å²) in [5.74, 6) is 0.122. The van der Waals surface area contributed by atoms with Crippen LogP contribution in [0.1, 0.15) is 44.1 Å². The molecule has 0 unspecified atom stereocenters. The highest BCUT2D eigenvalue weighted by atomic mass is 35.5. The summed E-state index contributed by atoms with van der Waals surface area (Å²) in [6.45, 7) is 6.11. The summed E-state index contributed by atoms with van der Waals surface area (Å²) in [5, 5.41) is 19.3. The molecular weight excluding hydrogens is 334 g/mol. The topological polar surface area (TPSA) is 99.5 Å². The van der Waals surface area contributed by atoms with E-state index < -0.39 is 0 Å². The number of nitrogens with two attached hydrogens (primary N) is 1. The standard InChI is InChI=1S/C16H21N3O2S.ClH/c1-9(14-12(20)5-16(2,3)6-13(14)21)19-7-11-4-10(8-22-11)15(17)18;/h4,8,20H,5-7H2,1-3H3,(H3,17,18);1H. The zero-order valence-electron chi connectivity index (χ0n) is 13.5. The summed E-state index contributed by atoms with van der Waals surface area (Å²) in [7, 11) is 0. The van der Waals surface area contributed by atoms with Gasteiger partial charge in [0.25, 0.3) is 0 Å². The van der Waals surface area contributed by atoms with Gasteiger partial charge in [-0.2, -0.15) is 0 Å². The van der Waals surface area contributed by atoms with E-state index in [9.17, 15) is 9.90 Å². The number of Topliss-reactive ketones (excluding diaryl/α,β-unsaturated/α-hetero) is 1. The molecule has 1 aliphatic carbocycles. The maximum Gasteiger partial charge on any atom is 0.168 e. The number of allylic oxidation sites excluding steroid dienone is 2. The van der Waals surface area contributed by atoms with E-state index in [1.807, 2.05) is 25.3 Å². The van der Waals surface area contributed by atoms with Gasteiger partial charge in [0.1, 0.15) is 11.6 Å². The predicted octanol–water partition coefficient (Wildman–Crippen LogP) is 3.62. The van der Waals surface area contributed by atoms with E-state index in [-0.39, 0.29) is 35.2 Å².